The number of halogens is 2. The lowest BCUT2D eigenvalue weighted by Crippen LogP contribution is -2.50. The van der Waals surface area contributed by atoms with Gasteiger partial charge in [-0.3, -0.25) is 4.68 Å². The molecule has 4 nitrogen and oxygen atoms in total. The van der Waals surface area contributed by atoms with Crippen LogP contribution in [-0.2, 0) is 6.54 Å². The van der Waals surface area contributed by atoms with Crippen LogP contribution in [0.3, 0.4) is 0 Å². The van der Waals surface area contributed by atoms with Gasteiger partial charge in [0.2, 0.25) is 0 Å². The van der Waals surface area contributed by atoms with E-state index < -0.39 is 6.43 Å². The second-order valence-electron chi connectivity index (χ2n) is 3.19. The lowest BCUT2D eigenvalue weighted by atomic mass is 10.2. The summed E-state index contributed by atoms with van der Waals surface area (Å²) < 4.78 is 30.5. The largest absolute Gasteiger partial charge is 0.484 e. The second-order valence-corrected chi connectivity index (χ2v) is 3.19. The summed E-state index contributed by atoms with van der Waals surface area (Å²) in [7, 11) is 0. The van der Waals surface area contributed by atoms with Crippen LogP contribution in [0.5, 0.6) is 5.75 Å². The van der Waals surface area contributed by atoms with Crippen molar-refractivity contribution in [1.29, 1.82) is 0 Å². The summed E-state index contributed by atoms with van der Waals surface area (Å²) in [6, 6.07) is 0. The second kappa shape index (κ2) is 3.91. The summed E-state index contributed by atoms with van der Waals surface area (Å²) in [6.45, 7) is 1.23. The Morgan fingerprint density at radius 2 is 2.43 bits per heavy atom. The lowest BCUT2D eigenvalue weighted by Gasteiger charge is -2.26. The Morgan fingerprint density at radius 1 is 1.64 bits per heavy atom. The summed E-state index contributed by atoms with van der Waals surface area (Å²) >= 11 is 0. The first-order valence-electron chi connectivity index (χ1n) is 4.42. The minimum atomic E-state index is -2.38. The molecule has 2 rings (SSSR count). The smallest absolute Gasteiger partial charge is 0.257 e. The average molecular weight is 203 g/mol. The zero-order chi connectivity index (χ0) is 9.97. The highest BCUT2D eigenvalue weighted by Crippen LogP contribution is 2.13. The molecule has 1 aliphatic heterocycles. The molecule has 0 radical (unpaired) electrons. The maximum atomic E-state index is 12.0. The van der Waals surface area contributed by atoms with Crippen molar-refractivity contribution in [3.63, 3.8) is 0 Å². The third-order valence-corrected chi connectivity index (χ3v) is 1.98. The number of aromatic nitrogens is 2. The SMILES string of the molecule is FC(F)Cn1cc(OC2CNC2)cn1. The molecule has 0 spiro atoms. The highest BCUT2D eigenvalue weighted by molar-refractivity contribution is 5.13. The van der Waals surface area contributed by atoms with Crippen LogP contribution >= 0.6 is 0 Å². The molecule has 0 unspecified atom stereocenters. The van der Waals surface area contributed by atoms with Gasteiger partial charge in [-0.05, 0) is 0 Å². The Kier molecular flexibility index (Phi) is 2.62. The van der Waals surface area contributed by atoms with E-state index in [1.807, 2.05) is 0 Å². The van der Waals surface area contributed by atoms with Gasteiger partial charge in [0.1, 0.15) is 12.6 Å². The van der Waals surface area contributed by atoms with Crippen molar-refractivity contribution in [2.24, 2.45) is 0 Å². The van der Waals surface area contributed by atoms with E-state index in [4.69, 9.17) is 4.74 Å². The topological polar surface area (TPSA) is 39.1 Å². The van der Waals surface area contributed by atoms with Gasteiger partial charge in [-0.2, -0.15) is 5.10 Å². The number of nitrogens with one attached hydrogen (secondary N) is 1. The van der Waals surface area contributed by atoms with Gasteiger partial charge in [-0.25, -0.2) is 8.78 Å². The fraction of sp³-hybridized carbons (Fsp3) is 0.625. The highest BCUT2D eigenvalue weighted by Gasteiger charge is 2.19. The van der Waals surface area contributed by atoms with E-state index in [1.165, 1.54) is 17.1 Å². The maximum Gasteiger partial charge on any atom is 0.257 e. The highest BCUT2D eigenvalue weighted by atomic mass is 19.3. The number of nitrogens with zero attached hydrogens (tertiary/aromatic N) is 2. The average Bonchev–Trinajstić information content (AvgIpc) is 2.44. The van der Waals surface area contributed by atoms with Gasteiger partial charge in [-0.15, -0.1) is 0 Å². The summed E-state index contributed by atoms with van der Waals surface area (Å²) in [6.07, 6.45) is 0.720. The van der Waals surface area contributed by atoms with Crippen molar-refractivity contribution < 1.29 is 13.5 Å². The Hall–Kier alpha value is -1.17. The molecule has 1 saturated heterocycles. The first-order chi connectivity index (χ1) is 6.74. The molecule has 2 heterocycles. The quantitative estimate of drug-likeness (QED) is 0.774. The molecule has 1 aliphatic rings. The molecular formula is C8H11F2N3O. The van der Waals surface area contributed by atoms with Gasteiger partial charge in [0.25, 0.3) is 6.43 Å². The standard InChI is InChI=1S/C8H11F2N3O/c9-8(10)5-13-4-7(3-12-13)14-6-1-11-2-6/h3-4,6,8,11H,1-2,5H2. The van der Waals surface area contributed by atoms with Gasteiger partial charge < -0.3 is 10.1 Å². The van der Waals surface area contributed by atoms with Crippen LogP contribution < -0.4 is 10.1 Å². The monoisotopic (exact) mass is 203 g/mol. The van der Waals surface area contributed by atoms with E-state index in [-0.39, 0.29) is 12.6 Å². The van der Waals surface area contributed by atoms with Crippen molar-refractivity contribution >= 4 is 0 Å². The normalized spacial score (nSPS) is 17.1. The Labute approximate surface area is 79.9 Å². The van der Waals surface area contributed by atoms with Gasteiger partial charge in [0, 0.05) is 13.1 Å². The van der Waals surface area contributed by atoms with Crippen LogP contribution in [0, 0.1) is 0 Å². The Balaban J connectivity index is 1.88. The predicted octanol–water partition coefficient (Wildman–Crippen LogP) is 0.499. The zero-order valence-electron chi connectivity index (χ0n) is 7.49. The van der Waals surface area contributed by atoms with Crippen molar-refractivity contribution in [1.82, 2.24) is 15.1 Å². The van der Waals surface area contributed by atoms with Gasteiger partial charge in [-0.1, -0.05) is 0 Å². The summed E-state index contributed by atoms with van der Waals surface area (Å²) in [5, 5.41) is 6.81. The fourth-order valence-corrected chi connectivity index (χ4v) is 1.18. The van der Waals surface area contributed by atoms with Gasteiger partial charge >= 0.3 is 0 Å². The van der Waals surface area contributed by atoms with Crippen molar-refractivity contribution in [2.45, 2.75) is 19.1 Å². The van der Waals surface area contributed by atoms with E-state index in [0.717, 1.165) is 13.1 Å². The number of alkyl halides is 2. The number of hydrogen-bond donors (Lipinski definition) is 1. The van der Waals surface area contributed by atoms with E-state index in [0.29, 0.717) is 5.75 Å². The molecule has 0 aromatic carbocycles. The minimum absolute atomic E-state index is 0.152. The van der Waals surface area contributed by atoms with Gasteiger partial charge in [0.05, 0.1) is 12.4 Å². The van der Waals surface area contributed by atoms with Crippen molar-refractivity contribution in [2.75, 3.05) is 13.1 Å². The molecule has 1 N–H and O–H groups in total. The van der Waals surface area contributed by atoms with E-state index >= 15 is 0 Å². The molecule has 0 bridgehead atoms. The predicted molar refractivity (Wildman–Crippen MR) is 45.5 cm³/mol. The third-order valence-electron chi connectivity index (χ3n) is 1.98. The molecule has 1 fully saturated rings. The summed E-state index contributed by atoms with van der Waals surface area (Å²) in [4.78, 5) is 0. The number of ether oxygens (including phenoxy) is 1. The van der Waals surface area contributed by atoms with Crippen LogP contribution in [-0.4, -0.2) is 35.4 Å². The molecule has 1 aromatic heterocycles. The molecule has 0 amide bonds. The Morgan fingerprint density at radius 3 is 3.00 bits per heavy atom. The van der Waals surface area contributed by atoms with E-state index in [9.17, 15) is 8.78 Å². The van der Waals surface area contributed by atoms with E-state index in [2.05, 4.69) is 10.4 Å². The Bertz CT molecular complexity index is 299. The maximum absolute atomic E-state index is 12.0. The molecule has 0 saturated carbocycles. The van der Waals surface area contributed by atoms with Crippen LogP contribution in [0.15, 0.2) is 12.4 Å². The van der Waals surface area contributed by atoms with Crippen LogP contribution in [0.25, 0.3) is 0 Å². The number of hydrogen-bond acceptors (Lipinski definition) is 3. The summed E-state index contributed by atoms with van der Waals surface area (Å²) in [5.41, 5.74) is 0. The molecule has 0 atom stereocenters. The van der Waals surface area contributed by atoms with Crippen LogP contribution in [0.4, 0.5) is 8.78 Å². The first kappa shape index (κ1) is 9.39. The minimum Gasteiger partial charge on any atom is -0.484 e. The molecule has 78 valence electrons. The first-order valence-corrected chi connectivity index (χ1v) is 4.42. The molecule has 14 heavy (non-hydrogen) atoms. The van der Waals surface area contributed by atoms with Crippen LogP contribution in [0.2, 0.25) is 0 Å². The molecule has 0 aliphatic carbocycles. The molecule has 6 heteroatoms. The van der Waals surface area contributed by atoms with Gasteiger partial charge in [0.15, 0.2) is 5.75 Å². The summed E-state index contributed by atoms with van der Waals surface area (Å²) in [5.74, 6) is 0.553. The third kappa shape index (κ3) is 2.20. The van der Waals surface area contributed by atoms with Crippen molar-refractivity contribution in [3.8, 4) is 5.75 Å². The molecule has 1 aromatic rings. The molecular weight excluding hydrogens is 192 g/mol. The number of rotatable bonds is 4. The van der Waals surface area contributed by atoms with Crippen LogP contribution in [0.1, 0.15) is 0 Å². The van der Waals surface area contributed by atoms with Crippen molar-refractivity contribution in [3.05, 3.63) is 12.4 Å². The van der Waals surface area contributed by atoms with E-state index in [1.54, 1.807) is 0 Å². The fourth-order valence-electron chi connectivity index (χ4n) is 1.18. The zero-order valence-corrected chi connectivity index (χ0v) is 7.49. The lowest BCUT2D eigenvalue weighted by molar-refractivity contribution is 0.121.